The second kappa shape index (κ2) is 10.8. The number of nitrogens with one attached hydrogen (secondary N) is 1. The molecule has 0 unspecified atom stereocenters. The third-order valence-corrected chi connectivity index (χ3v) is 6.42. The van der Waals surface area contributed by atoms with Crippen molar-refractivity contribution in [3.05, 3.63) is 75.5 Å². The topological polar surface area (TPSA) is 69.0 Å². The highest BCUT2D eigenvalue weighted by Crippen LogP contribution is 2.27. The van der Waals surface area contributed by atoms with Crippen molar-refractivity contribution in [2.45, 2.75) is 32.2 Å². The number of allylic oxidation sites excluding steroid dienone is 1. The lowest BCUT2D eigenvalue weighted by Gasteiger charge is -2.11. The molecule has 6 nitrogen and oxygen atoms in total. The van der Waals surface area contributed by atoms with Gasteiger partial charge in [-0.1, -0.05) is 41.6 Å². The molecule has 0 radical (unpaired) electrons. The summed E-state index contributed by atoms with van der Waals surface area (Å²) in [5.41, 5.74) is 3.01. The first-order chi connectivity index (χ1) is 14.9. The molecule has 162 valence electrons. The van der Waals surface area contributed by atoms with E-state index in [4.69, 9.17) is 16.3 Å². The van der Waals surface area contributed by atoms with Crippen LogP contribution >= 0.6 is 39.3 Å². The highest BCUT2D eigenvalue weighted by Gasteiger charge is 2.15. The van der Waals surface area contributed by atoms with E-state index < -0.39 is 0 Å². The number of ether oxygens (including phenoxy) is 1. The molecule has 3 aromatic rings. The maximum Gasteiger partial charge on any atom is 0.234 e. The van der Waals surface area contributed by atoms with Crippen molar-refractivity contribution in [3.63, 3.8) is 0 Å². The normalized spacial score (nSPS) is 10.7. The van der Waals surface area contributed by atoms with Gasteiger partial charge in [-0.25, -0.2) is 0 Å². The Hall–Kier alpha value is -2.29. The second-order valence-electron chi connectivity index (χ2n) is 6.77. The lowest BCUT2D eigenvalue weighted by atomic mass is 10.1. The summed E-state index contributed by atoms with van der Waals surface area (Å²) in [6, 6.07) is 11.2. The van der Waals surface area contributed by atoms with Crippen molar-refractivity contribution in [1.82, 2.24) is 14.8 Å². The number of carbonyl (C=O) groups is 1. The van der Waals surface area contributed by atoms with Crippen LogP contribution in [0, 0.1) is 13.8 Å². The molecule has 1 amide bonds. The van der Waals surface area contributed by atoms with Crippen molar-refractivity contribution >= 4 is 50.9 Å². The van der Waals surface area contributed by atoms with Crippen LogP contribution < -0.4 is 10.1 Å². The first-order valence-electron chi connectivity index (χ1n) is 9.48. The molecule has 0 saturated carbocycles. The molecule has 3 rings (SSSR count). The minimum Gasteiger partial charge on any atom is -0.484 e. The van der Waals surface area contributed by atoms with Crippen molar-refractivity contribution in [1.29, 1.82) is 0 Å². The lowest BCUT2D eigenvalue weighted by molar-refractivity contribution is -0.113. The Morgan fingerprint density at radius 1 is 1.29 bits per heavy atom. The van der Waals surface area contributed by atoms with Crippen molar-refractivity contribution in [2.24, 2.45) is 0 Å². The molecule has 9 heteroatoms. The number of aryl methyl sites for hydroxylation is 2. The predicted molar refractivity (Wildman–Crippen MR) is 129 cm³/mol. The molecule has 0 atom stereocenters. The quantitative estimate of drug-likeness (QED) is 0.284. The fraction of sp³-hybridized carbons (Fsp3) is 0.227. The van der Waals surface area contributed by atoms with Crippen LogP contribution in [0.3, 0.4) is 0 Å². The molecule has 0 aliphatic heterocycles. The van der Waals surface area contributed by atoms with Gasteiger partial charge in [0.1, 0.15) is 12.4 Å². The first-order valence-corrected chi connectivity index (χ1v) is 11.6. The Morgan fingerprint density at radius 2 is 2.03 bits per heavy atom. The van der Waals surface area contributed by atoms with Gasteiger partial charge in [-0.05, 0) is 65.2 Å². The molecule has 1 aromatic heterocycles. The fourth-order valence-electron chi connectivity index (χ4n) is 2.74. The number of thioether (sulfide) groups is 1. The van der Waals surface area contributed by atoms with Gasteiger partial charge in [0.2, 0.25) is 5.91 Å². The van der Waals surface area contributed by atoms with Crippen LogP contribution in [0.4, 0.5) is 5.69 Å². The molecule has 2 aromatic carbocycles. The molecule has 1 N–H and O–H groups in total. The summed E-state index contributed by atoms with van der Waals surface area (Å²) >= 11 is 10.9. The van der Waals surface area contributed by atoms with Crippen LogP contribution in [0.1, 0.15) is 17.0 Å². The maximum absolute atomic E-state index is 12.5. The monoisotopic (exact) mass is 520 g/mol. The Kier molecular flexibility index (Phi) is 8.17. The second-order valence-corrected chi connectivity index (χ2v) is 8.97. The largest absolute Gasteiger partial charge is 0.484 e. The minimum absolute atomic E-state index is 0.129. The van der Waals surface area contributed by atoms with Gasteiger partial charge in [-0.2, -0.15) is 0 Å². The number of halogens is 2. The third-order valence-electron chi connectivity index (χ3n) is 4.49. The van der Waals surface area contributed by atoms with Crippen LogP contribution in [0.2, 0.25) is 5.02 Å². The summed E-state index contributed by atoms with van der Waals surface area (Å²) in [6.45, 7) is 8.54. The summed E-state index contributed by atoms with van der Waals surface area (Å²) in [5, 5.41) is 12.5. The number of nitrogens with zero attached hydrogens (tertiary/aromatic N) is 3. The number of carbonyl (C=O) groups excluding carboxylic acids is 1. The zero-order chi connectivity index (χ0) is 22.4. The number of hydrogen-bond acceptors (Lipinski definition) is 5. The van der Waals surface area contributed by atoms with Crippen molar-refractivity contribution < 1.29 is 9.53 Å². The number of anilines is 1. The third kappa shape index (κ3) is 6.12. The highest BCUT2D eigenvalue weighted by atomic mass is 79.9. The van der Waals surface area contributed by atoms with E-state index >= 15 is 0 Å². The first kappa shape index (κ1) is 23.4. The highest BCUT2D eigenvalue weighted by molar-refractivity contribution is 9.10. The fourth-order valence-corrected chi connectivity index (χ4v) is 4.26. The van der Waals surface area contributed by atoms with E-state index in [2.05, 4.69) is 38.0 Å². The Balaban J connectivity index is 1.64. The van der Waals surface area contributed by atoms with Crippen LogP contribution in [-0.2, 0) is 17.9 Å². The Bertz CT molecular complexity index is 1100. The number of para-hydroxylation sites is 1. The standard InChI is InChI=1S/C22H22BrClN4O2S/c1-4-9-28-20(12-30-19-8-6-5-7-17(19)24)26-27-22(28)31-13-21(29)25-18-11-15(3)14(2)10-16(18)23/h4-8,10-11H,1,9,12-13H2,2-3H3,(H,25,29). The summed E-state index contributed by atoms with van der Waals surface area (Å²) < 4.78 is 8.50. The van der Waals surface area contributed by atoms with E-state index in [1.807, 2.05) is 42.7 Å². The van der Waals surface area contributed by atoms with E-state index in [0.29, 0.717) is 28.3 Å². The zero-order valence-corrected chi connectivity index (χ0v) is 20.4. The molecule has 1 heterocycles. The van der Waals surface area contributed by atoms with Gasteiger partial charge in [0.25, 0.3) is 0 Å². The van der Waals surface area contributed by atoms with Gasteiger partial charge in [0.05, 0.1) is 16.5 Å². The average molecular weight is 522 g/mol. The minimum atomic E-state index is -0.129. The Morgan fingerprint density at radius 3 is 2.77 bits per heavy atom. The van der Waals surface area contributed by atoms with Crippen LogP contribution in [0.15, 0.2) is 58.7 Å². The summed E-state index contributed by atoms with van der Waals surface area (Å²) in [7, 11) is 0. The van der Waals surface area contributed by atoms with Gasteiger partial charge in [0, 0.05) is 11.0 Å². The van der Waals surface area contributed by atoms with Crippen LogP contribution in [0.5, 0.6) is 5.75 Å². The molecule has 0 aliphatic carbocycles. The molecule has 0 saturated heterocycles. The number of amides is 1. The molecule has 0 bridgehead atoms. The van der Waals surface area contributed by atoms with Gasteiger partial charge in [-0.15, -0.1) is 16.8 Å². The van der Waals surface area contributed by atoms with Crippen LogP contribution in [-0.4, -0.2) is 26.4 Å². The predicted octanol–water partition coefficient (Wildman–Crippen LogP) is 5.81. The molecule has 31 heavy (non-hydrogen) atoms. The van der Waals surface area contributed by atoms with Gasteiger partial charge in [-0.3, -0.25) is 9.36 Å². The van der Waals surface area contributed by atoms with E-state index in [0.717, 1.165) is 21.3 Å². The van der Waals surface area contributed by atoms with Crippen LogP contribution in [0.25, 0.3) is 0 Å². The number of aromatic nitrogens is 3. The number of benzene rings is 2. The Labute approximate surface area is 199 Å². The molecular formula is C22H22BrClN4O2S. The maximum atomic E-state index is 12.5. The van der Waals surface area contributed by atoms with Crippen molar-refractivity contribution in [3.8, 4) is 5.75 Å². The molecule has 0 aliphatic rings. The average Bonchev–Trinajstić information content (AvgIpc) is 3.12. The SMILES string of the molecule is C=CCn1c(COc2ccccc2Cl)nnc1SCC(=O)Nc1cc(C)c(C)cc1Br. The van der Waals surface area contributed by atoms with E-state index in [1.54, 1.807) is 18.2 Å². The number of rotatable bonds is 9. The smallest absolute Gasteiger partial charge is 0.234 e. The molecular weight excluding hydrogens is 500 g/mol. The molecule has 0 fully saturated rings. The van der Waals surface area contributed by atoms with E-state index in [9.17, 15) is 4.79 Å². The van der Waals surface area contributed by atoms with Crippen molar-refractivity contribution in [2.75, 3.05) is 11.1 Å². The molecule has 0 spiro atoms. The number of hydrogen-bond donors (Lipinski definition) is 1. The van der Waals surface area contributed by atoms with E-state index in [1.165, 1.54) is 11.8 Å². The van der Waals surface area contributed by atoms with Gasteiger partial charge >= 0.3 is 0 Å². The zero-order valence-electron chi connectivity index (χ0n) is 17.2. The van der Waals surface area contributed by atoms with Gasteiger partial charge < -0.3 is 10.1 Å². The lowest BCUT2D eigenvalue weighted by Crippen LogP contribution is -2.15. The summed E-state index contributed by atoms with van der Waals surface area (Å²) in [4.78, 5) is 12.5. The summed E-state index contributed by atoms with van der Waals surface area (Å²) in [5.74, 6) is 1.26. The summed E-state index contributed by atoms with van der Waals surface area (Å²) in [6.07, 6.45) is 1.75. The van der Waals surface area contributed by atoms with Gasteiger partial charge in [0.15, 0.2) is 11.0 Å². The van der Waals surface area contributed by atoms with E-state index in [-0.39, 0.29) is 18.3 Å².